The van der Waals surface area contributed by atoms with E-state index in [0.29, 0.717) is 39.5 Å². The lowest BCUT2D eigenvalue weighted by Crippen LogP contribution is -2.15. The summed E-state index contributed by atoms with van der Waals surface area (Å²) in [6, 6.07) is 16.8. The number of alkyl halides is 3. The van der Waals surface area contributed by atoms with Gasteiger partial charge in [0.05, 0.1) is 28.9 Å². The fourth-order valence-electron chi connectivity index (χ4n) is 3.80. The zero-order valence-electron chi connectivity index (χ0n) is 19.1. The van der Waals surface area contributed by atoms with Crippen molar-refractivity contribution in [3.05, 3.63) is 103 Å². The van der Waals surface area contributed by atoms with Crippen molar-refractivity contribution in [3.63, 3.8) is 0 Å². The first-order valence-corrected chi connectivity index (χ1v) is 11.1. The Morgan fingerprint density at radius 2 is 1.73 bits per heavy atom. The Morgan fingerprint density at radius 3 is 2.54 bits per heavy atom. The van der Waals surface area contributed by atoms with E-state index in [1.165, 1.54) is 18.5 Å². The van der Waals surface area contributed by atoms with Crippen LogP contribution in [0.3, 0.4) is 0 Å². The molecule has 0 fully saturated rings. The first-order chi connectivity index (χ1) is 17.9. The lowest BCUT2D eigenvalue weighted by atomic mass is 10.1. The SMILES string of the molecule is O=C(Cc1cccc(C(F)(F)F)c1)Nc1ccc(Oc2ncccc2-c2ccncn2)c2ncccc12. The van der Waals surface area contributed by atoms with Crippen LogP contribution < -0.4 is 10.1 Å². The smallest absolute Gasteiger partial charge is 0.416 e. The molecule has 184 valence electrons. The van der Waals surface area contributed by atoms with Gasteiger partial charge in [0.25, 0.3) is 0 Å². The highest BCUT2D eigenvalue weighted by atomic mass is 19.4. The van der Waals surface area contributed by atoms with Crippen LogP contribution in [-0.2, 0) is 17.4 Å². The van der Waals surface area contributed by atoms with Crippen LogP contribution >= 0.6 is 0 Å². The number of carbonyl (C=O) groups excluding carboxylic acids is 1. The Hall–Kier alpha value is -4.86. The van der Waals surface area contributed by atoms with E-state index in [9.17, 15) is 18.0 Å². The Labute approximate surface area is 209 Å². The summed E-state index contributed by atoms with van der Waals surface area (Å²) in [7, 11) is 0. The lowest BCUT2D eigenvalue weighted by molar-refractivity contribution is -0.137. The van der Waals surface area contributed by atoms with Crippen molar-refractivity contribution in [2.75, 3.05) is 5.32 Å². The van der Waals surface area contributed by atoms with Gasteiger partial charge in [-0.05, 0) is 54.1 Å². The molecule has 5 aromatic rings. The van der Waals surface area contributed by atoms with Gasteiger partial charge in [-0.15, -0.1) is 0 Å². The minimum absolute atomic E-state index is 0.222. The number of ether oxygens (including phenoxy) is 1. The first-order valence-electron chi connectivity index (χ1n) is 11.1. The molecule has 1 N–H and O–H groups in total. The third kappa shape index (κ3) is 5.37. The quantitative estimate of drug-likeness (QED) is 0.303. The summed E-state index contributed by atoms with van der Waals surface area (Å²) < 4.78 is 45.2. The predicted octanol–water partition coefficient (Wildman–Crippen LogP) is 6.08. The molecule has 0 atom stereocenters. The van der Waals surface area contributed by atoms with Gasteiger partial charge < -0.3 is 10.1 Å². The third-order valence-electron chi connectivity index (χ3n) is 5.46. The highest BCUT2D eigenvalue weighted by molar-refractivity contribution is 6.03. The Bertz CT molecular complexity index is 1580. The largest absolute Gasteiger partial charge is 0.436 e. The average Bonchev–Trinajstić information content (AvgIpc) is 2.90. The van der Waals surface area contributed by atoms with Gasteiger partial charge in [0, 0.05) is 24.0 Å². The average molecular weight is 501 g/mol. The molecule has 0 aliphatic carbocycles. The monoisotopic (exact) mass is 501 g/mol. The van der Waals surface area contributed by atoms with Crippen LogP contribution in [0.2, 0.25) is 0 Å². The van der Waals surface area contributed by atoms with Crippen molar-refractivity contribution >= 4 is 22.5 Å². The van der Waals surface area contributed by atoms with E-state index in [2.05, 4.69) is 25.3 Å². The second-order valence-electron chi connectivity index (χ2n) is 7.99. The number of pyridine rings is 2. The van der Waals surface area contributed by atoms with Crippen LogP contribution in [0, 0.1) is 0 Å². The number of carbonyl (C=O) groups is 1. The van der Waals surface area contributed by atoms with Crippen LogP contribution in [0.1, 0.15) is 11.1 Å². The van der Waals surface area contributed by atoms with Crippen LogP contribution in [0.4, 0.5) is 18.9 Å². The lowest BCUT2D eigenvalue weighted by Gasteiger charge is -2.14. The predicted molar refractivity (Wildman–Crippen MR) is 131 cm³/mol. The molecule has 1 amide bonds. The Kier molecular flexibility index (Phi) is 6.46. The van der Waals surface area contributed by atoms with E-state index in [0.717, 1.165) is 12.1 Å². The van der Waals surface area contributed by atoms with E-state index >= 15 is 0 Å². The van der Waals surface area contributed by atoms with Crippen LogP contribution in [0.5, 0.6) is 11.6 Å². The maximum absolute atomic E-state index is 13.0. The molecule has 0 bridgehead atoms. The number of amides is 1. The molecule has 0 spiro atoms. The van der Waals surface area contributed by atoms with Crippen molar-refractivity contribution in [1.82, 2.24) is 19.9 Å². The number of hydrogen-bond acceptors (Lipinski definition) is 6. The number of nitrogens with zero attached hydrogens (tertiary/aromatic N) is 4. The number of nitrogens with one attached hydrogen (secondary N) is 1. The third-order valence-corrected chi connectivity index (χ3v) is 5.46. The topological polar surface area (TPSA) is 89.9 Å². The maximum Gasteiger partial charge on any atom is 0.416 e. The number of fused-ring (bicyclic) bond motifs is 1. The van der Waals surface area contributed by atoms with Gasteiger partial charge in [0.1, 0.15) is 11.8 Å². The van der Waals surface area contributed by atoms with Crippen LogP contribution in [-0.4, -0.2) is 25.8 Å². The maximum atomic E-state index is 13.0. The zero-order chi connectivity index (χ0) is 25.8. The molecule has 3 aromatic heterocycles. The molecule has 5 rings (SSSR count). The van der Waals surface area contributed by atoms with Crippen molar-refractivity contribution in [1.29, 1.82) is 0 Å². The summed E-state index contributed by atoms with van der Waals surface area (Å²) in [4.78, 5) is 29.6. The fourth-order valence-corrected chi connectivity index (χ4v) is 3.80. The standard InChI is InChI=1S/C27H18F3N5O2/c28-27(29,30)18-5-1-4-17(14-18)15-24(36)35-22-8-9-23(25-19(22)6-2-11-32-25)37-26-20(7-3-12-33-26)21-10-13-31-16-34-21/h1-14,16H,15H2,(H,35,36). The van der Waals surface area contributed by atoms with Crippen molar-refractivity contribution in [2.45, 2.75) is 12.6 Å². The van der Waals surface area contributed by atoms with Gasteiger partial charge in [0.2, 0.25) is 11.8 Å². The molecular formula is C27H18F3N5O2. The van der Waals surface area contributed by atoms with Gasteiger partial charge in [-0.3, -0.25) is 9.78 Å². The molecule has 0 unspecified atom stereocenters. The van der Waals surface area contributed by atoms with Crippen molar-refractivity contribution < 1.29 is 22.7 Å². The van der Waals surface area contributed by atoms with E-state index in [4.69, 9.17) is 4.74 Å². The normalized spacial score (nSPS) is 11.3. The van der Waals surface area contributed by atoms with E-state index < -0.39 is 17.6 Å². The highest BCUT2D eigenvalue weighted by Gasteiger charge is 2.30. The first kappa shape index (κ1) is 23.9. The molecule has 37 heavy (non-hydrogen) atoms. The molecule has 3 heterocycles. The number of hydrogen-bond donors (Lipinski definition) is 1. The second-order valence-corrected chi connectivity index (χ2v) is 7.99. The van der Waals surface area contributed by atoms with E-state index in [1.807, 2.05) is 6.07 Å². The molecule has 0 radical (unpaired) electrons. The van der Waals surface area contributed by atoms with Gasteiger partial charge in [-0.2, -0.15) is 13.2 Å². The summed E-state index contributed by atoms with van der Waals surface area (Å²) in [5.41, 5.74) is 1.66. The summed E-state index contributed by atoms with van der Waals surface area (Å²) in [6.07, 6.45) is 1.53. The second kappa shape index (κ2) is 10.0. The molecule has 0 saturated heterocycles. The van der Waals surface area contributed by atoms with E-state index in [1.54, 1.807) is 55.0 Å². The number of anilines is 1. The van der Waals surface area contributed by atoms with Gasteiger partial charge >= 0.3 is 6.18 Å². The summed E-state index contributed by atoms with van der Waals surface area (Å²) >= 11 is 0. The van der Waals surface area contributed by atoms with Gasteiger partial charge in [-0.25, -0.2) is 15.0 Å². The van der Waals surface area contributed by atoms with Crippen molar-refractivity contribution in [2.24, 2.45) is 0 Å². The molecule has 10 heteroatoms. The highest BCUT2D eigenvalue weighted by Crippen LogP contribution is 2.36. The molecule has 0 aliphatic rings. The molecule has 7 nitrogen and oxygen atoms in total. The summed E-state index contributed by atoms with van der Waals surface area (Å²) in [5.74, 6) is 0.254. The fraction of sp³-hybridized carbons (Fsp3) is 0.0741. The molecule has 0 aliphatic heterocycles. The van der Waals surface area contributed by atoms with Crippen LogP contribution in [0.25, 0.3) is 22.2 Å². The van der Waals surface area contributed by atoms with E-state index in [-0.39, 0.29) is 12.0 Å². The summed E-state index contributed by atoms with van der Waals surface area (Å²) in [5, 5.41) is 3.37. The number of benzene rings is 2. The van der Waals surface area contributed by atoms with Crippen molar-refractivity contribution in [3.8, 4) is 22.9 Å². The van der Waals surface area contributed by atoms with Crippen LogP contribution in [0.15, 0.2) is 91.6 Å². The zero-order valence-corrected chi connectivity index (χ0v) is 19.1. The molecule has 0 saturated carbocycles. The molecule has 2 aromatic carbocycles. The number of rotatable bonds is 6. The van der Waals surface area contributed by atoms with Gasteiger partial charge in [0.15, 0.2) is 5.75 Å². The Morgan fingerprint density at radius 1 is 0.892 bits per heavy atom. The Balaban J connectivity index is 1.41. The molecular weight excluding hydrogens is 483 g/mol. The van der Waals surface area contributed by atoms with Gasteiger partial charge in [-0.1, -0.05) is 18.2 Å². The number of halogens is 3. The minimum Gasteiger partial charge on any atom is -0.436 e. The number of aromatic nitrogens is 4. The minimum atomic E-state index is -4.48. The summed E-state index contributed by atoms with van der Waals surface area (Å²) in [6.45, 7) is 0.